The van der Waals surface area contributed by atoms with Gasteiger partial charge >= 0.3 is 5.97 Å². The summed E-state index contributed by atoms with van der Waals surface area (Å²) in [4.78, 5) is 11.6. The zero-order chi connectivity index (χ0) is 24.1. The number of esters is 1. The molecular formula is C28H44O5. The maximum atomic E-state index is 11.6. The molecule has 0 spiro atoms. The molecule has 0 bridgehead atoms. The zero-order valence-corrected chi connectivity index (χ0v) is 20.4. The van der Waals surface area contributed by atoms with Crippen LogP contribution in [0.5, 0.6) is 0 Å². The van der Waals surface area contributed by atoms with Crippen molar-refractivity contribution in [1.82, 2.24) is 0 Å². The summed E-state index contributed by atoms with van der Waals surface area (Å²) in [5.74, 6) is -0.122. The van der Waals surface area contributed by atoms with E-state index in [9.17, 15) is 20.1 Å². The van der Waals surface area contributed by atoms with Crippen molar-refractivity contribution in [3.63, 3.8) is 0 Å². The zero-order valence-electron chi connectivity index (χ0n) is 20.4. The molecule has 0 aliphatic heterocycles. The molecule has 3 N–H and O–H groups in total. The van der Waals surface area contributed by atoms with Gasteiger partial charge in [0.25, 0.3) is 0 Å². The number of aliphatic hydroxyl groups excluding tert-OH is 3. The average molecular weight is 461 g/mol. The first-order chi connectivity index (χ1) is 15.9. The molecule has 0 saturated heterocycles. The van der Waals surface area contributed by atoms with Crippen molar-refractivity contribution in [2.75, 3.05) is 0 Å². The van der Waals surface area contributed by atoms with Gasteiger partial charge in [0.1, 0.15) is 0 Å². The Kier molecular flexibility index (Phi) is 12.7. The minimum atomic E-state index is -0.505. The van der Waals surface area contributed by atoms with E-state index in [0.717, 1.165) is 44.9 Å². The lowest BCUT2D eigenvalue weighted by Crippen LogP contribution is -2.23. The number of rotatable bonds is 15. The molecular weight excluding hydrogens is 416 g/mol. The van der Waals surface area contributed by atoms with Crippen molar-refractivity contribution < 1.29 is 24.9 Å². The van der Waals surface area contributed by atoms with E-state index in [-0.39, 0.29) is 30.0 Å². The van der Waals surface area contributed by atoms with E-state index in [1.165, 1.54) is 5.56 Å². The average Bonchev–Trinajstić information content (AvgIpc) is 3.04. The Hall–Kier alpha value is -1.69. The molecule has 5 heteroatoms. The van der Waals surface area contributed by atoms with Gasteiger partial charge in [0.2, 0.25) is 0 Å². The third-order valence-electron chi connectivity index (χ3n) is 6.64. The summed E-state index contributed by atoms with van der Waals surface area (Å²) in [5.41, 5.74) is 1.33. The summed E-state index contributed by atoms with van der Waals surface area (Å²) in [6.45, 7) is 3.70. The highest BCUT2D eigenvalue weighted by molar-refractivity contribution is 5.69. The molecule has 5 atom stereocenters. The summed E-state index contributed by atoms with van der Waals surface area (Å²) in [7, 11) is 0. The van der Waals surface area contributed by atoms with Crippen molar-refractivity contribution in [2.24, 2.45) is 11.8 Å². The number of carbonyl (C=O) groups excluding carboxylic acids is 1. The lowest BCUT2D eigenvalue weighted by Gasteiger charge is -2.23. The van der Waals surface area contributed by atoms with Crippen LogP contribution in [0.4, 0.5) is 0 Å². The number of aryl methyl sites for hydroxylation is 1. The Morgan fingerprint density at radius 3 is 2.48 bits per heavy atom. The molecule has 33 heavy (non-hydrogen) atoms. The summed E-state index contributed by atoms with van der Waals surface area (Å²) in [6, 6.07) is 10.4. The summed E-state index contributed by atoms with van der Waals surface area (Å²) < 4.78 is 5.13. The maximum absolute atomic E-state index is 11.6. The van der Waals surface area contributed by atoms with Crippen LogP contribution in [0.3, 0.4) is 0 Å². The smallest absolute Gasteiger partial charge is 0.306 e. The lowest BCUT2D eigenvalue weighted by atomic mass is 9.85. The third kappa shape index (κ3) is 10.9. The fraction of sp³-hybridized carbons (Fsp3) is 0.679. The Morgan fingerprint density at radius 1 is 1.03 bits per heavy atom. The Labute approximate surface area is 199 Å². The highest BCUT2D eigenvalue weighted by atomic mass is 16.5. The highest BCUT2D eigenvalue weighted by Crippen LogP contribution is 2.38. The van der Waals surface area contributed by atoms with Gasteiger partial charge in [-0.05, 0) is 89.0 Å². The van der Waals surface area contributed by atoms with Gasteiger partial charge < -0.3 is 20.1 Å². The van der Waals surface area contributed by atoms with Crippen LogP contribution in [0.25, 0.3) is 0 Å². The van der Waals surface area contributed by atoms with Crippen LogP contribution in [0.2, 0.25) is 0 Å². The molecule has 0 aromatic heterocycles. The monoisotopic (exact) mass is 460 g/mol. The summed E-state index contributed by atoms with van der Waals surface area (Å²) in [5, 5.41) is 31.3. The SMILES string of the molecule is CC(C)OC(=O)CCC/C=C\C[C@H]1C(O)CC(O)[C@@H]1CCC(O)CCCCc1ccccc1. The van der Waals surface area contributed by atoms with Gasteiger partial charge in [-0.2, -0.15) is 0 Å². The molecule has 5 nitrogen and oxygen atoms in total. The normalized spacial score (nSPS) is 23.9. The maximum Gasteiger partial charge on any atom is 0.306 e. The van der Waals surface area contributed by atoms with Crippen molar-refractivity contribution in [2.45, 2.75) is 109 Å². The fourth-order valence-electron chi connectivity index (χ4n) is 4.85. The molecule has 1 saturated carbocycles. The summed E-state index contributed by atoms with van der Waals surface area (Å²) in [6.07, 6.45) is 11.0. The van der Waals surface area contributed by atoms with Crippen molar-refractivity contribution in [3.05, 3.63) is 48.0 Å². The minimum Gasteiger partial charge on any atom is -0.463 e. The predicted octanol–water partition coefficient (Wildman–Crippen LogP) is 4.97. The molecule has 1 aromatic rings. The van der Waals surface area contributed by atoms with E-state index in [2.05, 4.69) is 36.4 Å². The van der Waals surface area contributed by atoms with Gasteiger partial charge in [-0.15, -0.1) is 0 Å². The van der Waals surface area contributed by atoms with Gasteiger partial charge in [0, 0.05) is 6.42 Å². The van der Waals surface area contributed by atoms with Crippen molar-refractivity contribution >= 4 is 5.97 Å². The second-order valence-electron chi connectivity index (χ2n) is 9.80. The van der Waals surface area contributed by atoms with E-state index >= 15 is 0 Å². The third-order valence-corrected chi connectivity index (χ3v) is 6.64. The first kappa shape index (κ1) is 27.6. The van der Waals surface area contributed by atoms with Crippen LogP contribution in [0.1, 0.15) is 83.6 Å². The second kappa shape index (κ2) is 15.3. The fourth-order valence-corrected chi connectivity index (χ4v) is 4.85. The molecule has 1 aliphatic rings. The number of ether oxygens (including phenoxy) is 1. The molecule has 2 rings (SSSR count). The minimum absolute atomic E-state index is 0.0182. The van der Waals surface area contributed by atoms with E-state index in [0.29, 0.717) is 25.7 Å². The van der Waals surface area contributed by atoms with Crippen LogP contribution in [0, 0.1) is 11.8 Å². The predicted molar refractivity (Wildman–Crippen MR) is 132 cm³/mol. The van der Waals surface area contributed by atoms with Crippen LogP contribution >= 0.6 is 0 Å². The number of hydrogen-bond acceptors (Lipinski definition) is 5. The molecule has 1 fully saturated rings. The topological polar surface area (TPSA) is 87.0 Å². The Morgan fingerprint density at radius 2 is 1.76 bits per heavy atom. The number of allylic oxidation sites excluding steroid dienone is 2. The van der Waals surface area contributed by atoms with Crippen LogP contribution in [-0.4, -0.2) is 45.7 Å². The Balaban J connectivity index is 1.65. The molecule has 3 unspecified atom stereocenters. The number of carbonyl (C=O) groups is 1. The van der Waals surface area contributed by atoms with Crippen molar-refractivity contribution in [3.8, 4) is 0 Å². The Bertz CT molecular complexity index is 687. The van der Waals surface area contributed by atoms with Crippen LogP contribution < -0.4 is 0 Å². The largest absolute Gasteiger partial charge is 0.463 e. The molecule has 0 amide bonds. The number of unbranched alkanes of at least 4 members (excludes halogenated alkanes) is 2. The van der Waals surface area contributed by atoms with Gasteiger partial charge in [0.05, 0.1) is 24.4 Å². The van der Waals surface area contributed by atoms with Crippen LogP contribution in [0.15, 0.2) is 42.5 Å². The first-order valence-electron chi connectivity index (χ1n) is 12.8. The van der Waals surface area contributed by atoms with Gasteiger partial charge in [-0.3, -0.25) is 4.79 Å². The molecule has 1 aromatic carbocycles. The van der Waals surface area contributed by atoms with Gasteiger partial charge in [-0.25, -0.2) is 0 Å². The number of benzene rings is 1. The molecule has 0 heterocycles. The van der Waals surface area contributed by atoms with E-state index in [1.54, 1.807) is 0 Å². The lowest BCUT2D eigenvalue weighted by molar-refractivity contribution is -0.147. The van der Waals surface area contributed by atoms with Crippen LogP contribution in [-0.2, 0) is 16.0 Å². The van der Waals surface area contributed by atoms with Gasteiger partial charge in [-0.1, -0.05) is 48.9 Å². The van der Waals surface area contributed by atoms with Crippen molar-refractivity contribution in [1.29, 1.82) is 0 Å². The summed E-state index contributed by atoms with van der Waals surface area (Å²) >= 11 is 0. The standard InChI is InChI=1S/C28H44O5/c1-21(2)33-28(32)17-9-4-3-8-16-24-25(27(31)20-26(24)30)19-18-23(29)15-11-10-14-22-12-6-5-7-13-22/h3,5-8,12-13,21,23-27,29-31H,4,9-11,14-20H2,1-2H3/b8-3-/t23?,24-,25-,26?,27?/m1/s1. The molecule has 0 radical (unpaired) electrons. The number of aliphatic hydroxyl groups is 3. The van der Waals surface area contributed by atoms with E-state index in [4.69, 9.17) is 4.74 Å². The highest BCUT2D eigenvalue weighted by Gasteiger charge is 2.40. The van der Waals surface area contributed by atoms with Gasteiger partial charge in [0.15, 0.2) is 0 Å². The first-order valence-corrected chi connectivity index (χ1v) is 12.8. The number of hydrogen-bond donors (Lipinski definition) is 3. The molecule has 1 aliphatic carbocycles. The quantitative estimate of drug-likeness (QED) is 0.195. The van der Waals surface area contributed by atoms with E-state index < -0.39 is 12.2 Å². The second-order valence-corrected chi connectivity index (χ2v) is 9.80. The van der Waals surface area contributed by atoms with E-state index in [1.807, 2.05) is 19.9 Å². The molecule has 186 valence electrons.